The third-order valence-electron chi connectivity index (χ3n) is 3.49. The number of carbonyl (C=O) groups excluding carboxylic acids is 2. The topological polar surface area (TPSA) is 109 Å². The Morgan fingerprint density at radius 3 is 2.56 bits per heavy atom. The van der Waals surface area contributed by atoms with Gasteiger partial charge in [-0.15, -0.1) is 0 Å². The van der Waals surface area contributed by atoms with Crippen LogP contribution in [0.15, 0.2) is 16.8 Å². The van der Waals surface area contributed by atoms with Crippen LogP contribution in [-0.4, -0.2) is 38.1 Å². The number of aromatic nitrogens is 2. The fraction of sp³-hybridized carbons (Fsp3) is 0.529. The zero-order valence-corrected chi connectivity index (χ0v) is 16.2. The Morgan fingerprint density at radius 1 is 1.44 bits per heavy atom. The Balaban J connectivity index is 3.11. The van der Waals surface area contributed by atoms with Gasteiger partial charge in [-0.25, -0.2) is 9.97 Å². The number of nitrogens with two attached hydrogens (primary N) is 1. The van der Waals surface area contributed by atoms with Crippen LogP contribution >= 0.6 is 11.8 Å². The number of carbonyl (C=O) groups is 2. The van der Waals surface area contributed by atoms with Crippen molar-refractivity contribution in [1.29, 1.82) is 0 Å². The van der Waals surface area contributed by atoms with E-state index in [1.165, 1.54) is 4.90 Å². The van der Waals surface area contributed by atoms with Gasteiger partial charge < -0.3 is 15.7 Å². The van der Waals surface area contributed by atoms with Crippen LogP contribution in [0.25, 0.3) is 0 Å². The summed E-state index contributed by atoms with van der Waals surface area (Å²) < 4.78 is 0. The van der Waals surface area contributed by atoms with Crippen LogP contribution in [0.4, 0.5) is 5.82 Å². The first-order chi connectivity index (χ1) is 11.6. The molecule has 0 radical (unpaired) electrons. The number of anilines is 1. The Kier molecular flexibility index (Phi) is 7.57. The molecule has 0 saturated carbocycles. The lowest BCUT2D eigenvalue weighted by molar-refractivity contribution is -0.118. The van der Waals surface area contributed by atoms with Crippen LogP contribution in [0, 0.1) is 12.3 Å². The van der Waals surface area contributed by atoms with E-state index in [2.05, 4.69) is 9.97 Å². The molecule has 25 heavy (non-hydrogen) atoms. The number of aliphatic hydroxyl groups excluding tert-OH is 1. The molecule has 1 heterocycles. The summed E-state index contributed by atoms with van der Waals surface area (Å²) >= 11 is 1.06. The minimum Gasteiger partial charge on any atom is -0.396 e. The maximum Gasteiger partial charge on any atom is 0.214 e. The second-order valence-corrected chi connectivity index (χ2v) is 7.75. The third kappa shape index (κ3) is 6.13. The van der Waals surface area contributed by atoms with Gasteiger partial charge >= 0.3 is 0 Å². The molecule has 1 aromatic heterocycles. The largest absolute Gasteiger partial charge is 0.396 e. The lowest BCUT2D eigenvalue weighted by Gasteiger charge is -2.23. The van der Waals surface area contributed by atoms with Crippen molar-refractivity contribution >= 4 is 29.1 Å². The summed E-state index contributed by atoms with van der Waals surface area (Å²) in [5.74, 6) is 0.868. The van der Waals surface area contributed by atoms with E-state index in [0.717, 1.165) is 11.8 Å². The molecule has 0 fully saturated rings. The Morgan fingerprint density at radius 2 is 2.08 bits per heavy atom. The molecule has 0 spiro atoms. The number of allylic oxidation sites excluding steroid dienone is 1. The van der Waals surface area contributed by atoms with E-state index < -0.39 is 5.41 Å². The highest BCUT2D eigenvalue weighted by atomic mass is 32.2. The fourth-order valence-electron chi connectivity index (χ4n) is 1.89. The fourth-order valence-corrected chi connectivity index (χ4v) is 2.87. The van der Waals surface area contributed by atoms with Crippen molar-refractivity contribution in [1.82, 2.24) is 14.9 Å². The number of amides is 1. The van der Waals surface area contributed by atoms with E-state index in [9.17, 15) is 14.7 Å². The van der Waals surface area contributed by atoms with Crippen LogP contribution in [0.2, 0.25) is 0 Å². The number of rotatable bonds is 7. The summed E-state index contributed by atoms with van der Waals surface area (Å²) in [6, 6.07) is 0. The number of hydrogen-bond donors (Lipinski definition) is 2. The monoisotopic (exact) mass is 366 g/mol. The predicted octanol–water partition coefficient (Wildman–Crippen LogP) is 2.25. The molecule has 138 valence electrons. The van der Waals surface area contributed by atoms with Gasteiger partial charge in [-0.3, -0.25) is 9.59 Å². The summed E-state index contributed by atoms with van der Waals surface area (Å²) in [6.07, 6.45) is 2.55. The molecule has 0 unspecified atom stereocenters. The van der Waals surface area contributed by atoms with Gasteiger partial charge in [0, 0.05) is 40.8 Å². The minimum atomic E-state index is -0.521. The molecule has 1 aromatic rings. The molecule has 0 aliphatic rings. The highest BCUT2D eigenvalue weighted by molar-refractivity contribution is 8.17. The number of aryl methyl sites for hydroxylation is 1. The number of nitrogen functional groups attached to an aromatic ring is 1. The zero-order chi connectivity index (χ0) is 19.2. The summed E-state index contributed by atoms with van der Waals surface area (Å²) in [6.45, 7) is 9.05. The van der Waals surface area contributed by atoms with Crippen LogP contribution < -0.4 is 5.73 Å². The lowest BCUT2D eigenvalue weighted by atomic mass is 10.00. The highest BCUT2D eigenvalue weighted by Crippen LogP contribution is 2.33. The molecular weight excluding hydrogens is 340 g/mol. The normalized spacial score (nSPS) is 12.6. The minimum absolute atomic E-state index is 0.0284. The van der Waals surface area contributed by atoms with Crippen molar-refractivity contribution in [2.45, 2.75) is 47.6 Å². The molecule has 1 amide bonds. The van der Waals surface area contributed by atoms with Crippen LogP contribution in [-0.2, 0) is 16.1 Å². The molecule has 3 N–H and O–H groups in total. The highest BCUT2D eigenvalue weighted by Gasteiger charge is 2.25. The number of nitrogens with zero attached hydrogens (tertiary/aromatic N) is 3. The van der Waals surface area contributed by atoms with Crippen molar-refractivity contribution in [3.8, 4) is 0 Å². The third-order valence-corrected chi connectivity index (χ3v) is 5.03. The molecule has 0 aliphatic carbocycles. The quantitative estimate of drug-likeness (QED) is 0.712. The average molecular weight is 366 g/mol. The molecule has 0 atom stereocenters. The van der Waals surface area contributed by atoms with E-state index >= 15 is 0 Å². The predicted molar refractivity (Wildman–Crippen MR) is 99.2 cm³/mol. The van der Waals surface area contributed by atoms with Gasteiger partial charge in [-0.2, -0.15) is 0 Å². The second kappa shape index (κ2) is 8.96. The average Bonchev–Trinajstić information content (AvgIpc) is 2.52. The number of aliphatic hydroxyl groups is 1. The summed E-state index contributed by atoms with van der Waals surface area (Å²) in [7, 11) is 0. The first kappa shape index (κ1) is 21.1. The van der Waals surface area contributed by atoms with Gasteiger partial charge in [0.1, 0.15) is 11.6 Å². The molecule has 7 nitrogen and oxygen atoms in total. The first-order valence-corrected chi connectivity index (χ1v) is 8.74. The van der Waals surface area contributed by atoms with Gasteiger partial charge in [-0.1, -0.05) is 32.5 Å². The maximum absolute atomic E-state index is 12.3. The molecular formula is C17H26N4O3S. The molecule has 8 heteroatoms. The molecule has 0 bridgehead atoms. The van der Waals surface area contributed by atoms with Crippen molar-refractivity contribution in [3.05, 3.63) is 28.2 Å². The van der Waals surface area contributed by atoms with Crippen molar-refractivity contribution in [2.24, 2.45) is 5.41 Å². The van der Waals surface area contributed by atoms with E-state index in [1.54, 1.807) is 20.0 Å². The van der Waals surface area contributed by atoms with Gasteiger partial charge in [0.25, 0.3) is 0 Å². The van der Waals surface area contributed by atoms with Gasteiger partial charge in [0.05, 0.1) is 6.54 Å². The molecule has 0 aromatic carbocycles. The molecule has 0 aliphatic heterocycles. The summed E-state index contributed by atoms with van der Waals surface area (Å²) in [5.41, 5.74) is 6.59. The van der Waals surface area contributed by atoms with Crippen molar-refractivity contribution in [3.63, 3.8) is 0 Å². The van der Waals surface area contributed by atoms with Gasteiger partial charge in [-0.05, 0) is 13.8 Å². The summed E-state index contributed by atoms with van der Waals surface area (Å²) in [4.78, 5) is 34.2. The maximum atomic E-state index is 12.3. The van der Waals surface area contributed by atoms with Gasteiger partial charge in [0.15, 0.2) is 5.12 Å². The standard InChI is InChI=1S/C17H26N4O3S/c1-11(14(6-7-22)25-16(24)17(3,4)5)21(10-23)9-13-8-19-12(2)20-15(13)18/h8,10,22H,6-7,9H2,1-5H3,(H2,18,19,20). The van der Waals surface area contributed by atoms with Crippen LogP contribution in [0.3, 0.4) is 0 Å². The summed E-state index contributed by atoms with van der Waals surface area (Å²) in [5, 5.41) is 9.29. The van der Waals surface area contributed by atoms with Gasteiger partial charge in [0.2, 0.25) is 6.41 Å². The second-order valence-electron chi connectivity index (χ2n) is 6.68. The smallest absolute Gasteiger partial charge is 0.214 e. The van der Waals surface area contributed by atoms with Crippen molar-refractivity contribution < 1.29 is 14.7 Å². The van der Waals surface area contributed by atoms with E-state index in [0.29, 0.717) is 40.6 Å². The van der Waals surface area contributed by atoms with E-state index in [-0.39, 0.29) is 18.3 Å². The van der Waals surface area contributed by atoms with Crippen LogP contribution in [0.5, 0.6) is 0 Å². The molecule has 0 saturated heterocycles. The lowest BCUT2D eigenvalue weighted by Crippen LogP contribution is -2.23. The van der Waals surface area contributed by atoms with E-state index in [1.807, 2.05) is 20.8 Å². The zero-order valence-electron chi connectivity index (χ0n) is 15.4. The van der Waals surface area contributed by atoms with E-state index in [4.69, 9.17) is 5.73 Å². The number of thioether (sulfide) groups is 1. The van der Waals surface area contributed by atoms with Crippen LogP contribution in [0.1, 0.15) is 45.5 Å². The molecule has 1 rings (SSSR count). The van der Waals surface area contributed by atoms with Crippen molar-refractivity contribution in [2.75, 3.05) is 12.3 Å². The Hall–Kier alpha value is -1.93. The Labute approximate surface area is 152 Å². The Bertz CT molecular complexity index is 668. The first-order valence-electron chi connectivity index (χ1n) is 7.93. The SMILES string of the molecule is CC(=C(CCO)SC(=O)C(C)(C)C)N(C=O)Cc1cnc(C)nc1N. The number of hydrogen-bond acceptors (Lipinski definition) is 7.